The Kier molecular flexibility index (Phi) is 2.29. The number of halogens is 1. The highest BCUT2D eigenvalue weighted by Crippen LogP contribution is 2.20. The number of hydrogen-bond acceptors (Lipinski definition) is 2. The molecular formula is C6H6ClNOS. The highest BCUT2D eigenvalue weighted by atomic mass is 35.5. The number of thiophene rings is 1. The van der Waals surface area contributed by atoms with Crippen molar-refractivity contribution < 1.29 is 4.79 Å². The van der Waals surface area contributed by atoms with Crippen LogP contribution in [0.1, 0.15) is 0 Å². The first-order chi connectivity index (χ1) is 4.72. The number of carbonyl (C=O) groups excluding carboxylic acids is 1. The van der Waals surface area contributed by atoms with E-state index in [2.05, 4.69) is 0 Å². The van der Waals surface area contributed by atoms with Crippen LogP contribution in [0.25, 0.3) is 0 Å². The first-order valence-electron chi connectivity index (χ1n) is 2.68. The van der Waals surface area contributed by atoms with Crippen LogP contribution in [0.5, 0.6) is 0 Å². The Morgan fingerprint density at radius 3 is 2.90 bits per heavy atom. The van der Waals surface area contributed by atoms with E-state index in [1.165, 1.54) is 16.2 Å². The molecule has 0 saturated carbocycles. The smallest absolute Gasteiger partial charge is 0.293 e. The number of amides is 1. The molecule has 0 N–H and O–H groups in total. The molecule has 0 spiro atoms. The molecule has 2 nitrogen and oxygen atoms in total. The number of carbonyl (C=O) groups is 1. The maximum Gasteiger partial charge on any atom is 0.321 e. The van der Waals surface area contributed by atoms with E-state index in [-0.39, 0.29) is 0 Å². The lowest BCUT2D eigenvalue weighted by Gasteiger charge is -2.08. The Balaban J connectivity index is 2.77. The van der Waals surface area contributed by atoms with Crippen LogP contribution in [0.2, 0.25) is 0 Å². The van der Waals surface area contributed by atoms with E-state index >= 15 is 0 Å². The second kappa shape index (κ2) is 3.03. The molecule has 0 radical (unpaired) electrons. The van der Waals surface area contributed by atoms with Crippen molar-refractivity contribution in [1.82, 2.24) is 0 Å². The van der Waals surface area contributed by atoms with Gasteiger partial charge in [-0.25, -0.2) is 0 Å². The Morgan fingerprint density at radius 2 is 2.50 bits per heavy atom. The van der Waals surface area contributed by atoms with Gasteiger partial charge in [0.2, 0.25) is 0 Å². The molecule has 1 aromatic heterocycles. The Hall–Kier alpha value is -0.540. The summed E-state index contributed by atoms with van der Waals surface area (Å²) in [5.41, 5.74) is 0. The fraction of sp³-hybridized carbons (Fsp3) is 0.167. The summed E-state index contributed by atoms with van der Waals surface area (Å²) in [6.07, 6.45) is 0. The topological polar surface area (TPSA) is 20.3 Å². The van der Waals surface area contributed by atoms with Gasteiger partial charge in [-0.15, -0.1) is 11.3 Å². The molecule has 0 aliphatic heterocycles. The molecule has 4 heteroatoms. The summed E-state index contributed by atoms with van der Waals surface area (Å²) in [6, 6.07) is 3.71. The van der Waals surface area contributed by atoms with Gasteiger partial charge in [0.05, 0.1) is 5.00 Å². The fourth-order valence-electron chi connectivity index (χ4n) is 0.547. The third-order valence-electron chi connectivity index (χ3n) is 1.10. The molecule has 0 fully saturated rings. The lowest BCUT2D eigenvalue weighted by Crippen LogP contribution is -2.17. The van der Waals surface area contributed by atoms with Gasteiger partial charge in [-0.2, -0.15) is 0 Å². The molecule has 0 atom stereocenters. The maximum absolute atomic E-state index is 10.5. The molecule has 0 aliphatic carbocycles. The van der Waals surface area contributed by atoms with Gasteiger partial charge < -0.3 is 0 Å². The van der Waals surface area contributed by atoms with E-state index in [0.29, 0.717) is 0 Å². The summed E-state index contributed by atoms with van der Waals surface area (Å²) in [6.45, 7) is 0. The quantitative estimate of drug-likeness (QED) is 0.475. The molecule has 1 rings (SSSR count). The van der Waals surface area contributed by atoms with Gasteiger partial charge in [0.1, 0.15) is 0 Å². The molecule has 0 bridgehead atoms. The summed E-state index contributed by atoms with van der Waals surface area (Å²) in [5, 5.41) is 2.30. The van der Waals surface area contributed by atoms with Crippen LogP contribution in [0.3, 0.4) is 0 Å². The van der Waals surface area contributed by atoms with Crippen molar-refractivity contribution in [3.8, 4) is 0 Å². The Labute approximate surface area is 68.0 Å². The second-order valence-electron chi connectivity index (χ2n) is 1.76. The van der Waals surface area contributed by atoms with Crippen LogP contribution in [0, 0.1) is 0 Å². The molecule has 1 heterocycles. The van der Waals surface area contributed by atoms with Crippen molar-refractivity contribution in [3.05, 3.63) is 17.5 Å². The normalized spacial score (nSPS) is 9.40. The van der Waals surface area contributed by atoms with E-state index in [4.69, 9.17) is 11.6 Å². The average Bonchev–Trinajstić information content (AvgIpc) is 2.36. The van der Waals surface area contributed by atoms with Crippen LogP contribution < -0.4 is 4.90 Å². The van der Waals surface area contributed by atoms with Crippen LogP contribution >= 0.6 is 22.9 Å². The zero-order valence-corrected chi connectivity index (χ0v) is 6.95. The predicted molar refractivity (Wildman–Crippen MR) is 44.0 cm³/mol. The minimum absolute atomic E-state index is 0.456. The first kappa shape index (κ1) is 7.57. The monoisotopic (exact) mass is 175 g/mol. The first-order valence-corrected chi connectivity index (χ1v) is 3.94. The lowest BCUT2D eigenvalue weighted by atomic mass is 10.6. The van der Waals surface area contributed by atoms with Gasteiger partial charge in [-0.3, -0.25) is 9.69 Å². The van der Waals surface area contributed by atoms with Crippen molar-refractivity contribution in [2.75, 3.05) is 11.9 Å². The lowest BCUT2D eigenvalue weighted by molar-refractivity contribution is 0.265. The summed E-state index contributed by atoms with van der Waals surface area (Å²) in [4.78, 5) is 11.9. The van der Waals surface area contributed by atoms with Crippen molar-refractivity contribution in [2.45, 2.75) is 0 Å². The Bertz CT molecular complexity index is 222. The SMILES string of the molecule is CN(C(=O)Cl)c1cccs1. The van der Waals surface area contributed by atoms with E-state index in [1.54, 1.807) is 7.05 Å². The average molecular weight is 176 g/mol. The summed E-state index contributed by atoms with van der Waals surface area (Å²) in [5.74, 6) is 0. The zero-order valence-electron chi connectivity index (χ0n) is 5.37. The van der Waals surface area contributed by atoms with E-state index in [1.807, 2.05) is 17.5 Å². The molecule has 0 aromatic carbocycles. The van der Waals surface area contributed by atoms with Crippen molar-refractivity contribution in [1.29, 1.82) is 0 Å². The van der Waals surface area contributed by atoms with E-state index < -0.39 is 5.37 Å². The van der Waals surface area contributed by atoms with Gasteiger partial charge in [0.15, 0.2) is 0 Å². The third kappa shape index (κ3) is 1.49. The van der Waals surface area contributed by atoms with Gasteiger partial charge in [0.25, 0.3) is 0 Å². The molecule has 54 valence electrons. The van der Waals surface area contributed by atoms with Gasteiger partial charge in [0, 0.05) is 7.05 Å². The van der Waals surface area contributed by atoms with Crippen LogP contribution in [0.4, 0.5) is 9.80 Å². The minimum atomic E-state index is -0.456. The summed E-state index contributed by atoms with van der Waals surface area (Å²) >= 11 is 6.69. The Morgan fingerprint density at radius 1 is 1.80 bits per heavy atom. The van der Waals surface area contributed by atoms with E-state index in [0.717, 1.165) is 5.00 Å². The highest BCUT2D eigenvalue weighted by Gasteiger charge is 2.06. The standard InChI is InChI=1S/C6H6ClNOS/c1-8(6(7)9)5-3-2-4-10-5/h2-4H,1H3. The second-order valence-corrected chi connectivity index (χ2v) is 3.01. The minimum Gasteiger partial charge on any atom is -0.293 e. The molecular weight excluding hydrogens is 170 g/mol. The van der Waals surface area contributed by atoms with Crippen LogP contribution in [-0.2, 0) is 0 Å². The van der Waals surface area contributed by atoms with Crippen molar-refractivity contribution in [3.63, 3.8) is 0 Å². The van der Waals surface area contributed by atoms with Gasteiger partial charge >= 0.3 is 5.37 Å². The number of hydrogen-bond donors (Lipinski definition) is 0. The third-order valence-corrected chi connectivity index (χ3v) is 2.30. The molecule has 0 unspecified atom stereocenters. The van der Waals surface area contributed by atoms with Crippen LogP contribution in [-0.4, -0.2) is 12.4 Å². The number of rotatable bonds is 1. The van der Waals surface area contributed by atoms with Crippen molar-refractivity contribution in [2.24, 2.45) is 0 Å². The highest BCUT2D eigenvalue weighted by molar-refractivity contribution is 7.14. The fourth-order valence-corrected chi connectivity index (χ4v) is 1.38. The van der Waals surface area contributed by atoms with Gasteiger partial charge in [-0.1, -0.05) is 0 Å². The molecule has 1 aromatic rings. The van der Waals surface area contributed by atoms with Crippen LogP contribution in [0.15, 0.2) is 17.5 Å². The summed E-state index contributed by atoms with van der Waals surface area (Å²) < 4.78 is 0. The predicted octanol–water partition coefficient (Wildman–Crippen LogP) is 2.54. The number of nitrogens with zero attached hydrogens (tertiary/aromatic N) is 1. The largest absolute Gasteiger partial charge is 0.321 e. The molecule has 0 aliphatic rings. The summed E-state index contributed by atoms with van der Waals surface area (Å²) in [7, 11) is 1.64. The number of anilines is 1. The maximum atomic E-state index is 10.5. The zero-order chi connectivity index (χ0) is 7.56. The van der Waals surface area contributed by atoms with E-state index in [9.17, 15) is 4.79 Å². The molecule has 0 saturated heterocycles. The molecule has 10 heavy (non-hydrogen) atoms. The van der Waals surface area contributed by atoms with Gasteiger partial charge in [-0.05, 0) is 29.1 Å². The van der Waals surface area contributed by atoms with Crippen molar-refractivity contribution >= 4 is 33.3 Å². The molecule has 1 amide bonds.